The maximum atomic E-state index is 12.3. The number of rotatable bonds is 4. The summed E-state index contributed by atoms with van der Waals surface area (Å²) in [6, 6.07) is 7.64. The Balaban J connectivity index is 2.45. The molecule has 2 rings (SSSR count). The molecule has 1 aromatic heterocycles. The van der Waals surface area contributed by atoms with E-state index < -0.39 is 15.7 Å². The third kappa shape index (κ3) is 2.77. The first-order chi connectivity index (χ1) is 9.42. The molecule has 0 aliphatic heterocycles. The van der Waals surface area contributed by atoms with E-state index in [2.05, 4.69) is 4.98 Å². The van der Waals surface area contributed by atoms with Crippen molar-refractivity contribution in [2.45, 2.75) is 10.6 Å². The summed E-state index contributed by atoms with van der Waals surface area (Å²) < 4.78 is 24.7. The molecule has 20 heavy (non-hydrogen) atoms. The van der Waals surface area contributed by atoms with Crippen molar-refractivity contribution >= 4 is 21.4 Å². The number of amides is 1. The largest absolute Gasteiger partial charge is 0.396 e. The van der Waals surface area contributed by atoms with Gasteiger partial charge in [-0.25, -0.2) is 8.42 Å². The van der Waals surface area contributed by atoms with Crippen molar-refractivity contribution in [3.8, 4) is 0 Å². The van der Waals surface area contributed by atoms with Crippen LogP contribution in [0.4, 0.5) is 5.69 Å². The van der Waals surface area contributed by atoms with E-state index in [0.717, 1.165) is 0 Å². The number of nitrogens with two attached hydrogens (primary N) is 2. The van der Waals surface area contributed by atoms with Crippen LogP contribution in [-0.4, -0.2) is 19.3 Å². The van der Waals surface area contributed by atoms with E-state index in [9.17, 15) is 13.2 Å². The van der Waals surface area contributed by atoms with Gasteiger partial charge in [-0.1, -0.05) is 18.2 Å². The summed E-state index contributed by atoms with van der Waals surface area (Å²) in [6.07, 6.45) is 2.62. The van der Waals surface area contributed by atoms with E-state index in [0.29, 0.717) is 5.56 Å². The summed E-state index contributed by atoms with van der Waals surface area (Å²) in [7, 11) is -3.67. The SMILES string of the molecule is NC(=O)c1ccccc1CS(=O)(=O)c1ccncc1N. The zero-order chi connectivity index (χ0) is 14.8. The number of sulfone groups is 1. The summed E-state index contributed by atoms with van der Waals surface area (Å²) in [5.74, 6) is -1.01. The number of carbonyl (C=O) groups is 1. The molecule has 0 unspecified atom stereocenters. The fourth-order valence-electron chi connectivity index (χ4n) is 1.85. The van der Waals surface area contributed by atoms with Crippen LogP contribution < -0.4 is 11.5 Å². The number of hydrogen-bond acceptors (Lipinski definition) is 5. The lowest BCUT2D eigenvalue weighted by Gasteiger charge is -2.09. The summed E-state index contributed by atoms with van der Waals surface area (Å²) in [6.45, 7) is 0. The number of hydrogen-bond donors (Lipinski definition) is 2. The second-order valence-electron chi connectivity index (χ2n) is 4.19. The van der Waals surface area contributed by atoms with Crippen molar-refractivity contribution in [3.05, 3.63) is 53.9 Å². The molecule has 2 aromatic rings. The van der Waals surface area contributed by atoms with Crippen LogP contribution >= 0.6 is 0 Å². The molecule has 0 saturated carbocycles. The van der Waals surface area contributed by atoms with Gasteiger partial charge >= 0.3 is 0 Å². The normalized spacial score (nSPS) is 11.2. The fourth-order valence-corrected chi connectivity index (χ4v) is 3.34. The minimum atomic E-state index is -3.67. The molecule has 0 radical (unpaired) electrons. The van der Waals surface area contributed by atoms with Crippen LogP contribution in [0.5, 0.6) is 0 Å². The van der Waals surface area contributed by atoms with Gasteiger partial charge in [0.05, 0.1) is 22.5 Å². The van der Waals surface area contributed by atoms with E-state index in [1.165, 1.54) is 24.5 Å². The minimum absolute atomic E-state index is 0.00762. The molecule has 0 fully saturated rings. The van der Waals surface area contributed by atoms with E-state index in [1.807, 2.05) is 0 Å². The molecule has 0 aliphatic carbocycles. The first kappa shape index (κ1) is 14.0. The van der Waals surface area contributed by atoms with Gasteiger partial charge in [0.2, 0.25) is 5.91 Å². The fraction of sp³-hybridized carbons (Fsp3) is 0.0769. The Labute approximate surface area is 116 Å². The van der Waals surface area contributed by atoms with Gasteiger partial charge in [0, 0.05) is 11.8 Å². The summed E-state index contributed by atoms with van der Waals surface area (Å²) in [4.78, 5) is 15.0. The molecule has 0 spiro atoms. The number of primary amides is 1. The van der Waals surface area contributed by atoms with Crippen molar-refractivity contribution in [2.24, 2.45) is 5.73 Å². The molecule has 104 valence electrons. The maximum Gasteiger partial charge on any atom is 0.249 e. The van der Waals surface area contributed by atoms with Crippen LogP contribution in [0.2, 0.25) is 0 Å². The molecule has 6 nitrogen and oxygen atoms in total. The number of benzene rings is 1. The number of nitrogens with zero attached hydrogens (tertiary/aromatic N) is 1. The van der Waals surface area contributed by atoms with E-state index in [1.54, 1.807) is 18.2 Å². The number of aromatic nitrogens is 1. The second kappa shape index (κ2) is 5.30. The average molecular weight is 291 g/mol. The molecule has 1 heterocycles. The molecule has 4 N–H and O–H groups in total. The quantitative estimate of drug-likeness (QED) is 0.861. The minimum Gasteiger partial charge on any atom is -0.396 e. The highest BCUT2D eigenvalue weighted by Gasteiger charge is 2.20. The van der Waals surface area contributed by atoms with Crippen LogP contribution in [0.1, 0.15) is 15.9 Å². The van der Waals surface area contributed by atoms with Gasteiger partial charge in [0.25, 0.3) is 0 Å². The highest BCUT2D eigenvalue weighted by molar-refractivity contribution is 7.90. The molecule has 7 heteroatoms. The predicted octanol–water partition coefficient (Wildman–Crippen LogP) is 0.737. The lowest BCUT2D eigenvalue weighted by Crippen LogP contribution is -2.16. The molecular formula is C13H13N3O3S. The molecular weight excluding hydrogens is 278 g/mol. The molecule has 0 bridgehead atoms. The van der Waals surface area contributed by atoms with Crippen LogP contribution in [0.25, 0.3) is 0 Å². The van der Waals surface area contributed by atoms with Crippen molar-refractivity contribution in [2.75, 3.05) is 5.73 Å². The maximum absolute atomic E-state index is 12.3. The van der Waals surface area contributed by atoms with E-state index >= 15 is 0 Å². The number of anilines is 1. The highest BCUT2D eigenvalue weighted by Crippen LogP contribution is 2.22. The Hall–Kier alpha value is -2.41. The van der Waals surface area contributed by atoms with Crippen molar-refractivity contribution in [3.63, 3.8) is 0 Å². The molecule has 0 aliphatic rings. The van der Waals surface area contributed by atoms with Crippen molar-refractivity contribution < 1.29 is 13.2 Å². The monoisotopic (exact) mass is 291 g/mol. The molecule has 1 aromatic carbocycles. The van der Waals surface area contributed by atoms with Crippen LogP contribution in [0.15, 0.2) is 47.6 Å². The van der Waals surface area contributed by atoms with E-state index in [-0.39, 0.29) is 21.9 Å². The van der Waals surface area contributed by atoms with Crippen LogP contribution in [-0.2, 0) is 15.6 Å². The lowest BCUT2D eigenvalue weighted by molar-refractivity contribution is 0.0999. The number of pyridine rings is 1. The van der Waals surface area contributed by atoms with E-state index in [4.69, 9.17) is 11.5 Å². The Morgan fingerprint density at radius 3 is 2.55 bits per heavy atom. The van der Waals surface area contributed by atoms with Crippen LogP contribution in [0.3, 0.4) is 0 Å². The third-order valence-electron chi connectivity index (χ3n) is 2.77. The van der Waals surface area contributed by atoms with Gasteiger partial charge in [0.15, 0.2) is 9.84 Å². The molecule has 0 saturated heterocycles. The lowest BCUT2D eigenvalue weighted by atomic mass is 10.1. The summed E-state index contributed by atoms with van der Waals surface area (Å²) in [5.41, 5.74) is 11.5. The standard InChI is InChI=1S/C13H13N3O3S/c14-11-7-16-6-5-12(11)20(18,19)8-9-3-1-2-4-10(9)13(15)17/h1-7H,8,14H2,(H2,15,17). The average Bonchev–Trinajstić information content (AvgIpc) is 2.39. The third-order valence-corrected chi connectivity index (χ3v) is 4.51. The van der Waals surface area contributed by atoms with Gasteiger partial charge in [-0.05, 0) is 17.7 Å². The zero-order valence-corrected chi connectivity index (χ0v) is 11.3. The topological polar surface area (TPSA) is 116 Å². The summed E-state index contributed by atoms with van der Waals surface area (Å²) >= 11 is 0. The zero-order valence-electron chi connectivity index (χ0n) is 10.5. The van der Waals surface area contributed by atoms with Crippen molar-refractivity contribution in [1.82, 2.24) is 4.98 Å². The van der Waals surface area contributed by atoms with Gasteiger partial charge < -0.3 is 11.5 Å². The Morgan fingerprint density at radius 1 is 1.20 bits per heavy atom. The van der Waals surface area contributed by atoms with Gasteiger partial charge in [-0.3, -0.25) is 9.78 Å². The number of carbonyl (C=O) groups excluding carboxylic acids is 1. The smallest absolute Gasteiger partial charge is 0.249 e. The van der Waals surface area contributed by atoms with Crippen molar-refractivity contribution in [1.29, 1.82) is 0 Å². The summed E-state index contributed by atoms with van der Waals surface area (Å²) in [5, 5.41) is 0. The second-order valence-corrected chi connectivity index (χ2v) is 6.15. The number of nitrogen functional groups attached to an aromatic ring is 1. The molecule has 1 amide bonds. The highest BCUT2D eigenvalue weighted by atomic mass is 32.2. The Kier molecular flexibility index (Phi) is 3.71. The predicted molar refractivity (Wildman–Crippen MR) is 74.5 cm³/mol. The Morgan fingerprint density at radius 2 is 1.90 bits per heavy atom. The first-order valence-electron chi connectivity index (χ1n) is 5.72. The van der Waals surface area contributed by atoms with Gasteiger partial charge in [-0.15, -0.1) is 0 Å². The van der Waals surface area contributed by atoms with Gasteiger partial charge in [0.1, 0.15) is 0 Å². The molecule has 0 atom stereocenters. The first-order valence-corrected chi connectivity index (χ1v) is 7.37. The van der Waals surface area contributed by atoms with Crippen LogP contribution in [0, 0.1) is 0 Å². The van der Waals surface area contributed by atoms with Gasteiger partial charge in [-0.2, -0.15) is 0 Å². The Bertz CT molecular complexity index is 757.